The van der Waals surface area contributed by atoms with E-state index in [1.807, 2.05) is 48.5 Å². The molecular formula is C17H16O4. The second-order valence-corrected chi connectivity index (χ2v) is 4.85. The Morgan fingerprint density at radius 1 is 1.05 bits per heavy atom. The SMILES string of the molecule is COC(=O)[C@H]1c2ccccc2O[C@H]1c1ccc(OC)cc1. The van der Waals surface area contributed by atoms with Gasteiger partial charge in [-0.05, 0) is 23.8 Å². The molecule has 1 aliphatic heterocycles. The van der Waals surface area contributed by atoms with Gasteiger partial charge in [-0.3, -0.25) is 4.79 Å². The van der Waals surface area contributed by atoms with E-state index in [4.69, 9.17) is 14.2 Å². The molecule has 0 radical (unpaired) electrons. The van der Waals surface area contributed by atoms with Crippen LogP contribution in [0.25, 0.3) is 0 Å². The van der Waals surface area contributed by atoms with Crippen molar-refractivity contribution in [3.8, 4) is 11.5 Å². The first kappa shape index (κ1) is 13.5. The lowest BCUT2D eigenvalue weighted by Gasteiger charge is -2.17. The summed E-state index contributed by atoms with van der Waals surface area (Å²) in [6.07, 6.45) is -0.374. The molecule has 4 nitrogen and oxygen atoms in total. The summed E-state index contributed by atoms with van der Waals surface area (Å²) < 4.78 is 16.1. The van der Waals surface area contributed by atoms with Crippen LogP contribution < -0.4 is 9.47 Å². The van der Waals surface area contributed by atoms with Crippen molar-refractivity contribution in [1.29, 1.82) is 0 Å². The molecule has 0 aromatic heterocycles. The number of esters is 1. The standard InChI is InChI=1S/C17H16O4/c1-19-12-9-7-11(8-10-12)16-15(17(18)20-2)13-5-3-4-6-14(13)21-16/h3-10,15-16H,1-2H3/t15-,16-/m0/s1. The summed E-state index contributed by atoms with van der Waals surface area (Å²) in [5.41, 5.74) is 1.78. The summed E-state index contributed by atoms with van der Waals surface area (Å²) >= 11 is 0. The van der Waals surface area contributed by atoms with Gasteiger partial charge in [0.25, 0.3) is 0 Å². The number of hydrogen-bond acceptors (Lipinski definition) is 4. The molecule has 3 rings (SSSR count). The molecule has 4 heteroatoms. The average Bonchev–Trinajstić information content (AvgIpc) is 2.93. The van der Waals surface area contributed by atoms with Gasteiger partial charge < -0.3 is 14.2 Å². The molecule has 0 bridgehead atoms. The molecular weight excluding hydrogens is 268 g/mol. The molecule has 2 atom stereocenters. The van der Waals surface area contributed by atoms with Crippen molar-refractivity contribution in [2.75, 3.05) is 14.2 Å². The van der Waals surface area contributed by atoms with E-state index in [9.17, 15) is 4.79 Å². The predicted molar refractivity (Wildman–Crippen MR) is 77.6 cm³/mol. The maximum absolute atomic E-state index is 12.2. The van der Waals surface area contributed by atoms with Crippen LogP contribution in [0, 0.1) is 0 Å². The zero-order chi connectivity index (χ0) is 14.8. The second kappa shape index (κ2) is 5.48. The van der Waals surface area contributed by atoms with Gasteiger partial charge in [-0.25, -0.2) is 0 Å². The zero-order valence-corrected chi connectivity index (χ0v) is 11.9. The fourth-order valence-corrected chi connectivity index (χ4v) is 2.64. The number of benzene rings is 2. The molecule has 0 fully saturated rings. The van der Waals surface area contributed by atoms with E-state index >= 15 is 0 Å². The van der Waals surface area contributed by atoms with Gasteiger partial charge in [-0.1, -0.05) is 30.3 Å². The van der Waals surface area contributed by atoms with Crippen molar-refractivity contribution >= 4 is 5.97 Å². The first-order chi connectivity index (χ1) is 10.2. The lowest BCUT2D eigenvalue weighted by Crippen LogP contribution is -2.20. The normalized spacial score (nSPS) is 19.5. The van der Waals surface area contributed by atoms with Gasteiger partial charge in [-0.2, -0.15) is 0 Å². The van der Waals surface area contributed by atoms with E-state index in [2.05, 4.69) is 0 Å². The van der Waals surface area contributed by atoms with Crippen molar-refractivity contribution in [2.24, 2.45) is 0 Å². The summed E-state index contributed by atoms with van der Waals surface area (Å²) in [6, 6.07) is 15.1. The highest BCUT2D eigenvalue weighted by molar-refractivity contribution is 5.81. The topological polar surface area (TPSA) is 44.8 Å². The molecule has 0 saturated heterocycles. The van der Waals surface area contributed by atoms with Crippen LogP contribution in [-0.2, 0) is 9.53 Å². The number of para-hydroxylation sites is 1. The highest BCUT2D eigenvalue weighted by Gasteiger charge is 2.41. The monoisotopic (exact) mass is 284 g/mol. The molecule has 2 aromatic carbocycles. The number of methoxy groups -OCH3 is 2. The maximum Gasteiger partial charge on any atom is 0.317 e. The van der Waals surface area contributed by atoms with Crippen molar-refractivity contribution in [2.45, 2.75) is 12.0 Å². The minimum absolute atomic E-state index is 0.291. The van der Waals surface area contributed by atoms with Crippen LogP contribution in [0.15, 0.2) is 48.5 Å². The third-order valence-electron chi connectivity index (χ3n) is 3.71. The van der Waals surface area contributed by atoms with E-state index < -0.39 is 5.92 Å². The molecule has 1 heterocycles. The van der Waals surface area contributed by atoms with Crippen molar-refractivity contribution in [3.05, 3.63) is 59.7 Å². The van der Waals surface area contributed by atoms with Crippen LogP contribution in [0.2, 0.25) is 0 Å². The fourth-order valence-electron chi connectivity index (χ4n) is 2.64. The summed E-state index contributed by atoms with van der Waals surface area (Å²) in [5, 5.41) is 0. The van der Waals surface area contributed by atoms with Gasteiger partial charge >= 0.3 is 5.97 Å². The van der Waals surface area contributed by atoms with E-state index in [0.29, 0.717) is 0 Å². The van der Waals surface area contributed by atoms with E-state index in [0.717, 1.165) is 22.6 Å². The summed E-state index contributed by atoms with van der Waals surface area (Å²) in [6.45, 7) is 0. The Morgan fingerprint density at radius 3 is 2.43 bits per heavy atom. The van der Waals surface area contributed by atoms with Crippen LogP contribution in [0.4, 0.5) is 0 Å². The molecule has 0 aliphatic carbocycles. The molecule has 0 spiro atoms. The Morgan fingerprint density at radius 2 is 1.76 bits per heavy atom. The minimum Gasteiger partial charge on any atom is -0.497 e. The van der Waals surface area contributed by atoms with Crippen LogP contribution in [0.1, 0.15) is 23.1 Å². The molecule has 2 aromatic rings. The third-order valence-corrected chi connectivity index (χ3v) is 3.71. The lowest BCUT2D eigenvalue weighted by molar-refractivity contribution is -0.144. The molecule has 0 amide bonds. The Bertz CT molecular complexity index is 648. The molecule has 21 heavy (non-hydrogen) atoms. The van der Waals surface area contributed by atoms with Crippen LogP contribution in [0.3, 0.4) is 0 Å². The van der Waals surface area contributed by atoms with E-state index in [-0.39, 0.29) is 12.1 Å². The number of hydrogen-bond donors (Lipinski definition) is 0. The number of fused-ring (bicyclic) bond motifs is 1. The quantitative estimate of drug-likeness (QED) is 0.812. The van der Waals surface area contributed by atoms with Crippen molar-refractivity contribution in [3.63, 3.8) is 0 Å². The van der Waals surface area contributed by atoms with Gasteiger partial charge in [0.05, 0.1) is 14.2 Å². The number of rotatable bonds is 3. The van der Waals surface area contributed by atoms with Crippen LogP contribution in [0.5, 0.6) is 11.5 Å². The molecule has 1 aliphatic rings. The Kier molecular flexibility index (Phi) is 3.52. The number of ether oxygens (including phenoxy) is 3. The summed E-state index contributed by atoms with van der Waals surface area (Å²) in [4.78, 5) is 12.2. The molecule has 0 N–H and O–H groups in total. The lowest BCUT2D eigenvalue weighted by atomic mass is 9.91. The minimum atomic E-state index is -0.445. The Labute approximate surface area is 123 Å². The third kappa shape index (κ3) is 2.33. The molecule has 0 unspecified atom stereocenters. The predicted octanol–water partition coefficient (Wildman–Crippen LogP) is 3.09. The smallest absolute Gasteiger partial charge is 0.317 e. The first-order valence-corrected chi connectivity index (χ1v) is 6.72. The zero-order valence-electron chi connectivity index (χ0n) is 11.9. The highest BCUT2D eigenvalue weighted by atomic mass is 16.5. The molecule has 0 saturated carbocycles. The van der Waals surface area contributed by atoms with Crippen LogP contribution in [-0.4, -0.2) is 20.2 Å². The van der Waals surface area contributed by atoms with Crippen LogP contribution >= 0.6 is 0 Å². The van der Waals surface area contributed by atoms with E-state index in [1.54, 1.807) is 7.11 Å². The van der Waals surface area contributed by atoms with Crippen molar-refractivity contribution in [1.82, 2.24) is 0 Å². The highest BCUT2D eigenvalue weighted by Crippen LogP contribution is 2.46. The number of carbonyl (C=O) groups excluding carboxylic acids is 1. The second-order valence-electron chi connectivity index (χ2n) is 4.85. The fraction of sp³-hybridized carbons (Fsp3) is 0.235. The van der Waals surface area contributed by atoms with Crippen molar-refractivity contribution < 1.29 is 19.0 Å². The molecule has 108 valence electrons. The van der Waals surface area contributed by atoms with Gasteiger partial charge in [0.2, 0.25) is 0 Å². The average molecular weight is 284 g/mol. The van der Waals surface area contributed by atoms with Gasteiger partial charge in [-0.15, -0.1) is 0 Å². The Hall–Kier alpha value is -2.49. The Balaban J connectivity index is 1.99. The first-order valence-electron chi connectivity index (χ1n) is 6.72. The van der Waals surface area contributed by atoms with Gasteiger partial charge in [0.15, 0.2) is 0 Å². The van der Waals surface area contributed by atoms with E-state index in [1.165, 1.54) is 7.11 Å². The maximum atomic E-state index is 12.2. The number of carbonyl (C=O) groups is 1. The largest absolute Gasteiger partial charge is 0.497 e. The summed E-state index contributed by atoms with van der Waals surface area (Å²) in [7, 11) is 3.02. The van der Waals surface area contributed by atoms with Gasteiger partial charge in [0, 0.05) is 5.56 Å². The van der Waals surface area contributed by atoms with Gasteiger partial charge in [0.1, 0.15) is 23.5 Å². The summed E-state index contributed by atoms with van der Waals surface area (Å²) in [5.74, 6) is 0.762.